The lowest BCUT2D eigenvalue weighted by Crippen LogP contribution is -2.23. The molecule has 9 rings (SSSR count). The summed E-state index contributed by atoms with van der Waals surface area (Å²) in [5.74, 6) is 12.0. The van der Waals surface area contributed by atoms with Crippen LogP contribution in [0.5, 0.6) is 5.75 Å². The summed E-state index contributed by atoms with van der Waals surface area (Å²) in [5, 5.41) is 66.7. The Balaban J connectivity index is 0.000000435. The van der Waals surface area contributed by atoms with Gasteiger partial charge in [0.2, 0.25) is 0 Å². The van der Waals surface area contributed by atoms with Crippen LogP contribution in [-0.2, 0) is 25.0 Å². The Bertz CT molecular complexity index is 3310. The molecule has 7 aromatic carbocycles. The van der Waals surface area contributed by atoms with Crippen molar-refractivity contribution in [3.63, 3.8) is 0 Å². The number of aliphatic hydroxyl groups excluding tert-OH is 7. The molecule has 10 heteroatoms. The molecule has 0 bridgehead atoms. The number of fused-ring (bicyclic) bond motifs is 1. The number of aliphatic hydroxyl groups is 7. The molecule has 0 saturated heterocycles. The van der Waals surface area contributed by atoms with Gasteiger partial charge in [0.15, 0.2) is 0 Å². The van der Waals surface area contributed by atoms with E-state index in [9.17, 15) is 30.6 Å². The van der Waals surface area contributed by atoms with Gasteiger partial charge in [-0.05, 0) is 197 Å². The SMILES string of the molecule is CC(C)C(CO)C(c1ccccc1)c1ccccc1.CC(C)C(CO)CC1CCCCC1.CC(C)C(CO)CCc1ccccc1.CC(C)C(CO)CSCc1ccccc1.CC(C)C(CO)Cc1c[nH]c2ccccc12.CC(C)C(CO)Cc1ccccc1.CC(C)CC(C)C.CC(C)CC(O)COc1ccccc1. The highest BCUT2D eigenvalue weighted by Gasteiger charge is 2.27. The maximum atomic E-state index is 9.79. The van der Waals surface area contributed by atoms with Gasteiger partial charge in [-0.15, -0.1) is 0 Å². The fourth-order valence-corrected chi connectivity index (χ4v) is 15.2. The highest BCUT2D eigenvalue weighted by atomic mass is 32.2. The zero-order chi connectivity index (χ0) is 82.3. The summed E-state index contributed by atoms with van der Waals surface area (Å²) in [6.45, 7) is 41.5. The molecular formula is C101H157NO8S. The number of ether oxygens (including phenoxy) is 1. The molecule has 1 aliphatic rings. The third kappa shape index (κ3) is 45.6. The molecule has 7 unspecified atom stereocenters. The van der Waals surface area contributed by atoms with E-state index >= 15 is 0 Å². The van der Waals surface area contributed by atoms with Gasteiger partial charge in [0, 0.05) is 68.4 Å². The Kier molecular flexibility index (Phi) is 55.9. The molecule has 1 heterocycles. The molecule has 0 aliphatic heterocycles. The van der Waals surface area contributed by atoms with Crippen molar-refractivity contribution in [2.75, 3.05) is 52.0 Å². The number of aromatic nitrogens is 1. The third-order valence-electron chi connectivity index (χ3n) is 21.5. The maximum Gasteiger partial charge on any atom is 0.119 e. The van der Waals surface area contributed by atoms with Gasteiger partial charge < -0.3 is 45.5 Å². The van der Waals surface area contributed by atoms with E-state index in [0.717, 1.165) is 67.1 Å². The van der Waals surface area contributed by atoms with E-state index in [0.29, 0.717) is 97.4 Å². The summed E-state index contributed by atoms with van der Waals surface area (Å²) in [6, 6.07) is 70.1. The van der Waals surface area contributed by atoms with Crippen molar-refractivity contribution >= 4 is 22.7 Å². The number of hydrogen-bond donors (Lipinski definition) is 8. The van der Waals surface area contributed by atoms with Crippen molar-refractivity contribution in [1.82, 2.24) is 4.98 Å². The van der Waals surface area contributed by atoms with Gasteiger partial charge in [0.1, 0.15) is 12.4 Å². The van der Waals surface area contributed by atoms with Crippen LogP contribution in [0.2, 0.25) is 0 Å². The Hall–Kier alpha value is -6.05. The summed E-state index contributed by atoms with van der Waals surface area (Å²) in [7, 11) is 0. The topological polar surface area (TPSA) is 167 Å². The van der Waals surface area contributed by atoms with Crippen molar-refractivity contribution in [1.29, 1.82) is 0 Å². The summed E-state index contributed by atoms with van der Waals surface area (Å²) < 4.78 is 5.42. The molecule has 8 N–H and O–H groups in total. The molecule has 620 valence electrons. The molecule has 0 amide bonds. The molecule has 1 saturated carbocycles. The predicted octanol–water partition coefficient (Wildman–Crippen LogP) is 24.0. The number of aromatic amines is 1. The highest BCUT2D eigenvalue weighted by Crippen LogP contribution is 2.37. The fraction of sp³-hybridized carbons (Fsp3) is 0.564. The van der Waals surface area contributed by atoms with Gasteiger partial charge >= 0.3 is 0 Å². The number of benzene rings is 7. The van der Waals surface area contributed by atoms with Gasteiger partial charge in [0.05, 0.1) is 6.10 Å². The van der Waals surface area contributed by atoms with Crippen LogP contribution in [0.3, 0.4) is 0 Å². The first-order valence-electron chi connectivity index (χ1n) is 42.6. The maximum absolute atomic E-state index is 9.79. The second-order valence-corrected chi connectivity index (χ2v) is 35.3. The van der Waals surface area contributed by atoms with E-state index < -0.39 is 0 Å². The van der Waals surface area contributed by atoms with E-state index in [4.69, 9.17) is 9.84 Å². The molecule has 111 heavy (non-hydrogen) atoms. The van der Waals surface area contributed by atoms with E-state index in [1.54, 1.807) is 0 Å². The number of nitrogens with one attached hydrogen (secondary N) is 1. The fourth-order valence-electron chi connectivity index (χ4n) is 13.9. The second-order valence-electron chi connectivity index (χ2n) is 34.3. The minimum absolute atomic E-state index is 0.214. The molecule has 7 atom stereocenters. The van der Waals surface area contributed by atoms with Gasteiger partial charge in [-0.3, -0.25) is 0 Å². The van der Waals surface area contributed by atoms with Gasteiger partial charge in [-0.2, -0.15) is 11.8 Å². The van der Waals surface area contributed by atoms with E-state index in [1.807, 2.05) is 90.6 Å². The Labute approximate surface area is 681 Å². The van der Waals surface area contributed by atoms with Crippen LogP contribution < -0.4 is 4.74 Å². The molecular weight excluding hydrogens is 1390 g/mol. The molecule has 9 nitrogen and oxygen atoms in total. The first kappa shape index (κ1) is 101. The summed E-state index contributed by atoms with van der Waals surface area (Å²) >= 11 is 1.91. The summed E-state index contributed by atoms with van der Waals surface area (Å²) in [5.41, 5.74) is 9.09. The Morgan fingerprint density at radius 2 is 0.802 bits per heavy atom. The lowest BCUT2D eigenvalue weighted by atomic mass is 9.76. The van der Waals surface area contributed by atoms with Crippen LogP contribution in [0.25, 0.3) is 10.9 Å². The Morgan fingerprint density at radius 1 is 0.396 bits per heavy atom. The van der Waals surface area contributed by atoms with Crippen LogP contribution >= 0.6 is 11.8 Å². The standard InChI is InChI=1S/C18H22O.C14H19NO.C13H20OS.C13H20O.C12H18O2.C12H24O.C12H18O.C7H16/c1-14(2)17(13-19)18(15-9-5-3-6-10-15)16-11-7-4-8-12-16;1-10(2)12(9-16)7-11-8-15-14-6-4-3-5-13(11)14;1-11(2)13(8-14)10-15-9-12-6-4-3-5-7-12;1-11(2)13(10-14)9-8-12-6-4-3-5-7-12;1-10(2)8-11(13)9-14-12-6-4-3-5-7-12;2*1-10(2)12(9-13)8-11-6-4-3-5-7-11;1-6(2)5-7(3)4/h3-12,14,17-19H,13H2,1-2H3;3-6,8,10,12,15-16H,7,9H2,1-2H3;3-7,11,13-14H,8-10H2,1-2H3;3-7,11,13-14H,8-10H2,1-2H3;3-7,10-11,13H,8-9H2,1-2H3;10-13H,3-9H2,1-2H3;3-7,10,12-13H,8-9H2,1-2H3;6-7H,5H2,1-4H3. The third-order valence-corrected chi connectivity index (χ3v) is 22.7. The van der Waals surface area contributed by atoms with E-state index in [2.05, 4.69) is 263 Å². The zero-order valence-corrected chi connectivity index (χ0v) is 73.2. The number of thioether (sulfide) groups is 1. The minimum Gasteiger partial charge on any atom is -0.491 e. The van der Waals surface area contributed by atoms with Crippen LogP contribution in [0, 0.1) is 94.7 Å². The summed E-state index contributed by atoms with van der Waals surface area (Å²) in [6.07, 6.45) is 16.3. The second kappa shape index (κ2) is 61.4. The Morgan fingerprint density at radius 3 is 1.22 bits per heavy atom. The zero-order valence-electron chi connectivity index (χ0n) is 72.4. The number of hydrogen-bond acceptors (Lipinski definition) is 9. The van der Waals surface area contributed by atoms with Crippen molar-refractivity contribution in [2.24, 2.45) is 94.7 Å². The highest BCUT2D eigenvalue weighted by molar-refractivity contribution is 7.98. The molecule has 0 radical (unpaired) electrons. The van der Waals surface area contributed by atoms with Gasteiger partial charge in [-0.25, -0.2) is 0 Å². The average molecular weight is 1550 g/mol. The molecule has 0 spiro atoms. The van der Waals surface area contributed by atoms with Gasteiger partial charge in [0.25, 0.3) is 0 Å². The van der Waals surface area contributed by atoms with Crippen molar-refractivity contribution < 1.29 is 40.5 Å². The first-order valence-corrected chi connectivity index (χ1v) is 43.7. The van der Waals surface area contributed by atoms with Crippen LogP contribution in [-0.4, -0.2) is 98.8 Å². The van der Waals surface area contributed by atoms with Gasteiger partial charge in [-0.1, -0.05) is 345 Å². The van der Waals surface area contributed by atoms with E-state index in [1.165, 1.54) is 89.2 Å². The number of aryl methyl sites for hydroxylation is 1. The average Bonchev–Trinajstić information content (AvgIpc) is 1.81. The quantitative estimate of drug-likeness (QED) is 0.0193. The number of para-hydroxylation sites is 2. The van der Waals surface area contributed by atoms with Crippen LogP contribution in [0.15, 0.2) is 212 Å². The number of rotatable bonds is 35. The monoisotopic (exact) mass is 1540 g/mol. The molecule has 1 fully saturated rings. The smallest absolute Gasteiger partial charge is 0.119 e. The lowest BCUT2D eigenvalue weighted by molar-refractivity contribution is 0.0893. The van der Waals surface area contributed by atoms with Crippen molar-refractivity contribution in [2.45, 2.75) is 219 Å². The molecule has 1 aromatic heterocycles. The van der Waals surface area contributed by atoms with E-state index in [-0.39, 0.29) is 37.8 Å². The molecule has 1 aliphatic carbocycles. The van der Waals surface area contributed by atoms with Crippen molar-refractivity contribution in [3.05, 3.63) is 246 Å². The number of H-pyrrole nitrogens is 1. The summed E-state index contributed by atoms with van der Waals surface area (Å²) in [4.78, 5) is 3.27. The van der Waals surface area contributed by atoms with Crippen molar-refractivity contribution in [3.8, 4) is 5.75 Å². The van der Waals surface area contributed by atoms with Crippen LogP contribution in [0.1, 0.15) is 222 Å². The lowest BCUT2D eigenvalue weighted by Gasteiger charge is -2.29. The predicted molar refractivity (Wildman–Crippen MR) is 480 cm³/mol. The van der Waals surface area contributed by atoms with Crippen LogP contribution in [0.4, 0.5) is 0 Å². The first-order chi connectivity index (χ1) is 53.2. The largest absolute Gasteiger partial charge is 0.491 e. The minimum atomic E-state index is -0.366. The normalized spacial score (nSPS) is 14.0. The molecule has 8 aromatic rings.